The van der Waals surface area contributed by atoms with E-state index in [1.165, 1.54) is 11.1 Å². The third-order valence-electron chi connectivity index (χ3n) is 3.14. The van der Waals surface area contributed by atoms with Crippen LogP contribution in [0.5, 0.6) is 0 Å². The average Bonchev–Trinajstić information content (AvgIpc) is 2.49. The van der Waals surface area contributed by atoms with E-state index in [1.807, 2.05) is 36.4 Å². The van der Waals surface area contributed by atoms with E-state index in [4.69, 9.17) is 0 Å². The molecule has 0 amide bonds. The van der Waals surface area contributed by atoms with E-state index in [-0.39, 0.29) is 12.1 Å². The molecule has 2 atom stereocenters. The van der Waals surface area contributed by atoms with Gasteiger partial charge in [-0.25, -0.2) is 0 Å². The first-order valence-electron chi connectivity index (χ1n) is 6.10. The summed E-state index contributed by atoms with van der Waals surface area (Å²) in [5.41, 5.74) is 2.42. The van der Waals surface area contributed by atoms with Crippen LogP contribution in [0.15, 0.2) is 70.6 Å². The molecule has 0 radical (unpaired) electrons. The van der Waals surface area contributed by atoms with Gasteiger partial charge in [-0.3, -0.25) is 9.98 Å². The molecule has 0 fully saturated rings. The van der Waals surface area contributed by atoms with Gasteiger partial charge >= 0.3 is 0 Å². The summed E-state index contributed by atoms with van der Waals surface area (Å²) < 4.78 is 0. The first kappa shape index (κ1) is 10.9. The van der Waals surface area contributed by atoms with Gasteiger partial charge in [0.15, 0.2) is 0 Å². The topological polar surface area (TPSA) is 24.7 Å². The van der Waals surface area contributed by atoms with E-state index in [9.17, 15) is 0 Å². The lowest BCUT2D eigenvalue weighted by Crippen LogP contribution is -2.11. The van der Waals surface area contributed by atoms with Crippen molar-refractivity contribution in [1.82, 2.24) is 0 Å². The second-order valence-electron chi connectivity index (χ2n) is 4.31. The van der Waals surface area contributed by atoms with Gasteiger partial charge < -0.3 is 0 Å². The van der Waals surface area contributed by atoms with Crippen LogP contribution in [0.1, 0.15) is 23.2 Å². The van der Waals surface area contributed by atoms with Crippen LogP contribution in [0, 0.1) is 0 Å². The molecule has 2 aromatic carbocycles. The van der Waals surface area contributed by atoms with Crippen LogP contribution in [0.2, 0.25) is 0 Å². The van der Waals surface area contributed by atoms with E-state index < -0.39 is 0 Å². The number of rotatable bonds is 2. The van der Waals surface area contributed by atoms with Crippen LogP contribution in [0.3, 0.4) is 0 Å². The fourth-order valence-corrected chi connectivity index (χ4v) is 2.26. The Bertz CT molecular complexity index is 505. The van der Waals surface area contributed by atoms with Gasteiger partial charge in [0, 0.05) is 12.4 Å². The Kier molecular flexibility index (Phi) is 3.01. The molecule has 1 aliphatic rings. The average molecular weight is 234 g/mol. The van der Waals surface area contributed by atoms with Crippen molar-refractivity contribution in [3.8, 4) is 0 Å². The standard InChI is InChI=1S/C16H14N2/c1-3-7-13(8-4-1)15-16(18-12-11-17-15)14-9-5-2-6-10-14/h1-12,15-16H. The summed E-state index contributed by atoms with van der Waals surface area (Å²) in [6, 6.07) is 20.8. The van der Waals surface area contributed by atoms with Crippen molar-refractivity contribution in [2.75, 3.05) is 0 Å². The molecule has 1 aliphatic heterocycles. The predicted molar refractivity (Wildman–Crippen MR) is 75.4 cm³/mol. The SMILES string of the molecule is C1=NC(c2ccccc2)C(c2ccccc2)N=C1. The maximum absolute atomic E-state index is 4.58. The minimum absolute atomic E-state index is 0.0820. The van der Waals surface area contributed by atoms with E-state index in [0.29, 0.717) is 0 Å². The summed E-state index contributed by atoms with van der Waals surface area (Å²) in [5.74, 6) is 0. The molecule has 2 aromatic rings. The molecule has 0 aromatic heterocycles. The molecule has 0 N–H and O–H groups in total. The van der Waals surface area contributed by atoms with Crippen molar-refractivity contribution < 1.29 is 0 Å². The molecule has 0 bridgehead atoms. The van der Waals surface area contributed by atoms with Crippen LogP contribution >= 0.6 is 0 Å². The van der Waals surface area contributed by atoms with Gasteiger partial charge in [-0.1, -0.05) is 60.7 Å². The van der Waals surface area contributed by atoms with Crippen molar-refractivity contribution in [1.29, 1.82) is 0 Å². The highest BCUT2D eigenvalue weighted by atomic mass is 14.9. The third kappa shape index (κ3) is 2.09. The van der Waals surface area contributed by atoms with Crippen LogP contribution in [0.25, 0.3) is 0 Å². The lowest BCUT2D eigenvalue weighted by molar-refractivity contribution is 0.579. The predicted octanol–water partition coefficient (Wildman–Crippen LogP) is 3.62. The Hall–Kier alpha value is -2.22. The fourth-order valence-electron chi connectivity index (χ4n) is 2.26. The number of hydrogen-bond donors (Lipinski definition) is 0. The van der Waals surface area contributed by atoms with Gasteiger partial charge in [-0.05, 0) is 11.1 Å². The molecular weight excluding hydrogens is 220 g/mol. The number of nitrogens with zero attached hydrogens (tertiary/aromatic N) is 2. The summed E-state index contributed by atoms with van der Waals surface area (Å²) in [5, 5.41) is 0. The van der Waals surface area contributed by atoms with Crippen LogP contribution in [-0.4, -0.2) is 12.4 Å². The summed E-state index contributed by atoms with van der Waals surface area (Å²) in [6.45, 7) is 0. The lowest BCUT2D eigenvalue weighted by Gasteiger charge is -2.23. The number of aliphatic imine (C=N–C) groups is 2. The molecule has 2 heteroatoms. The molecule has 18 heavy (non-hydrogen) atoms. The summed E-state index contributed by atoms with van der Waals surface area (Å²) in [4.78, 5) is 9.17. The van der Waals surface area contributed by atoms with E-state index in [0.717, 1.165) is 0 Å². The lowest BCUT2D eigenvalue weighted by atomic mass is 9.94. The van der Waals surface area contributed by atoms with Crippen LogP contribution in [0.4, 0.5) is 0 Å². The Morgan fingerprint density at radius 2 is 0.944 bits per heavy atom. The number of hydrogen-bond acceptors (Lipinski definition) is 2. The third-order valence-corrected chi connectivity index (χ3v) is 3.14. The first-order valence-corrected chi connectivity index (χ1v) is 6.10. The van der Waals surface area contributed by atoms with E-state index in [2.05, 4.69) is 34.3 Å². The van der Waals surface area contributed by atoms with Gasteiger partial charge in [0.25, 0.3) is 0 Å². The Labute approximate surface area is 107 Å². The second kappa shape index (κ2) is 4.96. The van der Waals surface area contributed by atoms with Gasteiger partial charge in [-0.2, -0.15) is 0 Å². The van der Waals surface area contributed by atoms with Gasteiger partial charge in [-0.15, -0.1) is 0 Å². The fraction of sp³-hybridized carbons (Fsp3) is 0.125. The molecule has 0 spiro atoms. The maximum Gasteiger partial charge on any atom is 0.101 e. The van der Waals surface area contributed by atoms with Crippen LogP contribution in [-0.2, 0) is 0 Å². The van der Waals surface area contributed by atoms with Crippen molar-refractivity contribution in [2.24, 2.45) is 9.98 Å². The quantitative estimate of drug-likeness (QED) is 0.758. The highest BCUT2D eigenvalue weighted by Gasteiger charge is 2.24. The zero-order valence-corrected chi connectivity index (χ0v) is 9.98. The normalized spacial score (nSPS) is 22.0. The Morgan fingerprint density at radius 3 is 1.33 bits per heavy atom. The molecule has 88 valence electrons. The molecule has 3 rings (SSSR count). The molecule has 1 heterocycles. The molecule has 2 unspecified atom stereocenters. The van der Waals surface area contributed by atoms with Crippen molar-refractivity contribution in [3.63, 3.8) is 0 Å². The van der Waals surface area contributed by atoms with Crippen LogP contribution < -0.4 is 0 Å². The molecule has 0 aliphatic carbocycles. The maximum atomic E-state index is 4.58. The Morgan fingerprint density at radius 1 is 0.556 bits per heavy atom. The monoisotopic (exact) mass is 234 g/mol. The second-order valence-corrected chi connectivity index (χ2v) is 4.31. The van der Waals surface area contributed by atoms with Crippen molar-refractivity contribution in [3.05, 3.63) is 71.8 Å². The minimum atomic E-state index is 0.0820. The van der Waals surface area contributed by atoms with Gasteiger partial charge in [0.2, 0.25) is 0 Å². The highest BCUT2D eigenvalue weighted by Crippen LogP contribution is 2.35. The first-order chi connectivity index (χ1) is 8.95. The molecule has 0 saturated heterocycles. The van der Waals surface area contributed by atoms with Gasteiger partial charge in [0.1, 0.15) is 12.1 Å². The zero-order valence-electron chi connectivity index (χ0n) is 9.98. The summed E-state index contributed by atoms with van der Waals surface area (Å²) in [6.07, 6.45) is 3.58. The minimum Gasteiger partial charge on any atom is -0.281 e. The number of benzene rings is 2. The Balaban J connectivity index is 1.98. The highest BCUT2D eigenvalue weighted by molar-refractivity contribution is 6.16. The molecular formula is C16H14N2. The van der Waals surface area contributed by atoms with Crippen molar-refractivity contribution >= 4 is 12.4 Å². The molecule has 0 saturated carbocycles. The van der Waals surface area contributed by atoms with E-state index in [1.54, 1.807) is 12.4 Å². The van der Waals surface area contributed by atoms with E-state index >= 15 is 0 Å². The van der Waals surface area contributed by atoms with Gasteiger partial charge in [0.05, 0.1) is 0 Å². The largest absolute Gasteiger partial charge is 0.281 e. The van der Waals surface area contributed by atoms with Crippen molar-refractivity contribution in [2.45, 2.75) is 12.1 Å². The molecule has 2 nitrogen and oxygen atoms in total. The summed E-state index contributed by atoms with van der Waals surface area (Å²) in [7, 11) is 0. The smallest absolute Gasteiger partial charge is 0.101 e. The summed E-state index contributed by atoms with van der Waals surface area (Å²) >= 11 is 0. The zero-order chi connectivity index (χ0) is 12.2.